The number of aryl methyl sites for hydroxylation is 1. The fraction of sp³-hybridized carbons (Fsp3) is 0.273. The first-order valence-corrected chi connectivity index (χ1v) is 18.4. The van der Waals surface area contributed by atoms with Crippen molar-refractivity contribution >= 4 is 36.0 Å². The van der Waals surface area contributed by atoms with Gasteiger partial charge in [0.1, 0.15) is 30.2 Å². The van der Waals surface area contributed by atoms with E-state index in [1.54, 1.807) is 36.5 Å². The van der Waals surface area contributed by atoms with Crippen LogP contribution < -0.4 is 14.2 Å². The fourth-order valence-corrected chi connectivity index (χ4v) is 6.62. The molecule has 0 spiro atoms. The van der Waals surface area contributed by atoms with E-state index in [1.807, 2.05) is 19.1 Å². The van der Waals surface area contributed by atoms with Gasteiger partial charge in [-0.2, -0.15) is 0 Å². The topological polar surface area (TPSA) is 64.1 Å². The highest BCUT2D eigenvalue weighted by atomic mass is 35.5. The van der Waals surface area contributed by atoms with Gasteiger partial charge in [0.25, 0.3) is 0 Å². The summed E-state index contributed by atoms with van der Waals surface area (Å²) in [5.74, 6) is 2.48. The van der Waals surface area contributed by atoms with Crippen LogP contribution in [0.2, 0.25) is 5.02 Å². The number of carbonyl (C=O) groups excluding carboxylic acids is 1. The molecule has 1 saturated heterocycles. The average molecular weight is 771 g/mol. The van der Waals surface area contributed by atoms with Crippen LogP contribution in [0.3, 0.4) is 0 Å². The number of benzene rings is 4. The third-order valence-electron chi connectivity index (χ3n) is 9.31. The molecule has 6 rings (SSSR count). The molecule has 4 aromatic carbocycles. The predicted molar refractivity (Wildman–Crippen MR) is 216 cm³/mol. The summed E-state index contributed by atoms with van der Waals surface area (Å²) in [4.78, 5) is 20.8. The second kappa shape index (κ2) is 19.4. The summed E-state index contributed by atoms with van der Waals surface area (Å²) in [5, 5.41) is 0.416. The van der Waals surface area contributed by atoms with Crippen LogP contribution in [0.4, 0.5) is 4.39 Å². The molecule has 54 heavy (non-hydrogen) atoms. The second-order valence-corrected chi connectivity index (χ2v) is 14.0. The lowest BCUT2D eigenvalue weighted by atomic mass is 10.0. The van der Waals surface area contributed by atoms with Crippen LogP contribution in [0.1, 0.15) is 53.1 Å². The van der Waals surface area contributed by atoms with E-state index >= 15 is 0 Å². The van der Waals surface area contributed by atoms with Crippen molar-refractivity contribution in [1.29, 1.82) is 0 Å². The molecule has 1 fully saturated rings. The molecule has 1 aliphatic rings. The Bertz CT molecular complexity index is 1970. The van der Waals surface area contributed by atoms with Crippen LogP contribution in [0.5, 0.6) is 23.1 Å². The van der Waals surface area contributed by atoms with Gasteiger partial charge < -0.3 is 19.1 Å². The van der Waals surface area contributed by atoms with Gasteiger partial charge in [0.2, 0.25) is 5.88 Å². The monoisotopic (exact) mass is 769 g/mol. The lowest BCUT2D eigenvalue weighted by Gasteiger charge is -2.37. The van der Waals surface area contributed by atoms with Gasteiger partial charge in [0, 0.05) is 57.0 Å². The first kappa shape index (κ1) is 40.3. The predicted octanol–water partition coefficient (Wildman–Crippen LogP) is 10.1. The quantitative estimate of drug-likeness (QED) is 0.0776. The van der Waals surface area contributed by atoms with Crippen molar-refractivity contribution in [3.8, 4) is 23.1 Å². The lowest BCUT2D eigenvalue weighted by molar-refractivity contribution is -0.104. The largest absolute Gasteiger partial charge is 0.493 e. The van der Waals surface area contributed by atoms with E-state index < -0.39 is 0 Å². The van der Waals surface area contributed by atoms with E-state index in [1.165, 1.54) is 28.8 Å². The number of aldehydes is 1. The van der Waals surface area contributed by atoms with E-state index in [2.05, 4.69) is 77.2 Å². The molecule has 2 heterocycles. The second-order valence-electron chi connectivity index (χ2n) is 13.5. The van der Waals surface area contributed by atoms with Crippen LogP contribution in [0.15, 0.2) is 109 Å². The highest BCUT2D eigenvalue weighted by Crippen LogP contribution is 2.36. The highest BCUT2D eigenvalue weighted by Gasteiger charge is 2.22. The minimum absolute atomic E-state index is 0. The van der Waals surface area contributed by atoms with Crippen LogP contribution in [0.25, 0.3) is 5.70 Å². The number of pyridine rings is 1. The molecule has 0 amide bonds. The third kappa shape index (κ3) is 11.1. The third-order valence-corrected chi connectivity index (χ3v) is 9.59. The van der Waals surface area contributed by atoms with Gasteiger partial charge in [-0.15, -0.1) is 12.4 Å². The number of halogens is 3. The SMILES string of the molecule is Cc1cc(/C(=C\C=O)N2CCN(Cc3ccc(CCOc4ccc(C(C)C)cc4)cc3)CC2)cc(Cl)c1Oc1ccc(OCc2cccc(F)c2)cn1.Cl. The number of aromatic nitrogens is 1. The Morgan fingerprint density at radius 2 is 1.59 bits per heavy atom. The summed E-state index contributed by atoms with van der Waals surface area (Å²) < 4.78 is 31.3. The molecule has 0 N–H and O–H groups in total. The molecule has 1 aromatic heterocycles. The molecule has 1 aliphatic heterocycles. The van der Waals surface area contributed by atoms with Crippen molar-refractivity contribution in [2.45, 2.75) is 46.3 Å². The Balaban J connectivity index is 0.00000561. The smallest absolute Gasteiger partial charge is 0.219 e. The summed E-state index contributed by atoms with van der Waals surface area (Å²) >= 11 is 6.77. The Hall–Kier alpha value is -4.89. The summed E-state index contributed by atoms with van der Waals surface area (Å²) in [5.41, 5.74) is 7.06. The normalized spacial score (nSPS) is 13.4. The number of ether oxygens (including phenoxy) is 3. The van der Waals surface area contributed by atoms with E-state index in [0.717, 1.165) is 73.6 Å². The van der Waals surface area contributed by atoms with Crippen LogP contribution in [-0.2, 0) is 24.4 Å². The van der Waals surface area contributed by atoms with Crippen LogP contribution in [-0.4, -0.2) is 53.9 Å². The maximum absolute atomic E-state index is 13.5. The molecular weight excluding hydrogens is 724 g/mol. The lowest BCUT2D eigenvalue weighted by Crippen LogP contribution is -2.45. The minimum Gasteiger partial charge on any atom is -0.493 e. The number of hydrogen-bond donors (Lipinski definition) is 0. The van der Waals surface area contributed by atoms with Gasteiger partial charge in [-0.25, -0.2) is 9.37 Å². The highest BCUT2D eigenvalue weighted by molar-refractivity contribution is 6.32. The van der Waals surface area contributed by atoms with Crippen molar-refractivity contribution in [3.63, 3.8) is 0 Å². The average Bonchev–Trinajstić information content (AvgIpc) is 3.16. The first-order chi connectivity index (χ1) is 25.7. The van der Waals surface area contributed by atoms with Gasteiger partial charge >= 0.3 is 0 Å². The van der Waals surface area contributed by atoms with Gasteiger partial charge in [-0.1, -0.05) is 74.0 Å². The molecule has 0 radical (unpaired) electrons. The molecule has 0 aliphatic carbocycles. The Kier molecular flexibility index (Phi) is 14.5. The molecule has 0 bridgehead atoms. The number of rotatable bonds is 15. The standard InChI is InChI=1S/C44H45ClFN3O4.ClH/c1-31(2)36-11-13-39(14-12-36)51-24-18-33-7-9-34(10-8-33)29-48-19-21-49(22-20-48)42(17-23-50)37-25-32(3)44(41(45)27-37)53-43-16-15-40(28-47-43)52-30-35-5-4-6-38(46)26-35;/h4-17,23,25-28,31H,18-22,24,29-30H2,1-3H3;1H/b42-17+;. The van der Waals surface area contributed by atoms with Gasteiger partial charge in [0.15, 0.2) is 5.75 Å². The number of hydrogen-bond acceptors (Lipinski definition) is 7. The minimum atomic E-state index is -0.307. The van der Waals surface area contributed by atoms with Gasteiger partial charge in [-0.3, -0.25) is 9.69 Å². The molecule has 0 atom stereocenters. The fourth-order valence-electron chi connectivity index (χ4n) is 6.32. The zero-order valence-corrected chi connectivity index (χ0v) is 32.4. The van der Waals surface area contributed by atoms with Crippen molar-refractivity contribution in [1.82, 2.24) is 14.8 Å². The van der Waals surface area contributed by atoms with Crippen LogP contribution in [0, 0.1) is 12.7 Å². The van der Waals surface area contributed by atoms with Gasteiger partial charge in [-0.05, 0) is 88.7 Å². The van der Waals surface area contributed by atoms with Gasteiger partial charge in [0.05, 0.1) is 17.8 Å². The molecule has 10 heteroatoms. The zero-order chi connectivity index (χ0) is 37.2. The molecule has 7 nitrogen and oxygen atoms in total. The summed E-state index contributed by atoms with van der Waals surface area (Å²) in [6.45, 7) is 11.3. The first-order valence-electron chi connectivity index (χ1n) is 18.0. The van der Waals surface area contributed by atoms with E-state index in [9.17, 15) is 9.18 Å². The Morgan fingerprint density at radius 1 is 0.870 bits per heavy atom. The number of carbonyl (C=O) groups is 1. The molecule has 0 saturated carbocycles. The molecule has 282 valence electrons. The van der Waals surface area contributed by atoms with E-state index in [4.69, 9.17) is 25.8 Å². The van der Waals surface area contributed by atoms with Crippen LogP contribution >= 0.6 is 24.0 Å². The number of allylic oxidation sites excluding steroid dienone is 1. The van der Waals surface area contributed by atoms with Crippen molar-refractivity contribution < 1.29 is 23.4 Å². The van der Waals surface area contributed by atoms with Crippen molar-refractivity contribution in [3.05, 3.63) is 154 Å². The maximum Gasteiger partial charge on any atom is 0.219 e. The van der Waals surface area contributed by atoms with Crippen molar-refractivity contribution in [2.24, 2.45) is 0 Å². The summed E-state index contributed by atoms with van der Waals surface area (Å²) in [6.07, 6.45) is 4.84. The maximum atomic E-state index is 13.5. The molecule has 0 unspecified atom stereocenters. The number of piperazine rings is 1. The Morgan fingerprint density at radius 3 is 2.24 bits per heavy atom. The molecule has 5 aromatic rings. The summed E-state index contributed by atoms with van der Waals surface area (Å²) in [6, 6.07) is 30.7. The molecular formula is C44H46Cl2FN3O4. The van der Waals surface area contributed by atoms with E-state index in [-0.39, 0.29) is 24.8 Å². The number of nitrogens with zero attached hydrogens (tertiary/aromatic N) is 3. The Labute approximate surface area is 328 Å². The van der Waals surface area contributed by atoms with Crippen molar-refractivity contribution in [2.75, 3.05) is 32.8 Å². The van der Waals surface area contributed by atoms with E-state index in [0.29, 0.717) is 34.9 Å². The summed E-state index contributed by atoms with van der Waals surface area (Å²) in [7, 11) is 0. The zero-order valence-electron chi connectivity index (χ0n) is 30.8.